The molecule has 2 aromatic carbocycles. The molecule has 1 amide bonds. The van der Waals surface area contributed by atoms with Crippen LogP contribution in [0, 0.1) is 12.8 Å². The lowest BCUT2D eigenvalue weighted by atomic mass is 10.1. The van der Waals surface area contributed by atoms with E-state index in [0.717, 1.165) is 18.6 Å². The van der Waals surface area contributed by atoms with Crippen LogP contribution in [0.15, 0.2) is 47.6 Å². The van der Waals surface area contributed by atoms with Gasteiger partial charge in [0, 0.05) is 5.56 Å². The standard InChI is InChI=1S/C25H26ClF3N4O3/c1-15(2)10-11-36-21-9-8-17(12-22(21)35-4)24(34)31-30-14-20-16(3)32-33(23(20)26)19-7-5-6-18(13-19)25(27,28)29/h5-9,12-15H,10-11H2,1-4H3,(H,31,34)/b30-14-. The summed E-state index contributed by atoms with van der Waals surface area (Å²) in [5.74, 6) is 0.935. The molecule has 0 fully saturated rings. The molecule has 1 heterocycles. The molecule has 0 bridgehead atoms. The second-order valence-electron chi connectivity index (χ2n) is 8.35. The van der Waals surface area contributed by atoms with E-state index < -0.39 is 17.6 Å². The molecule has 0 atom stereocenters. The zero-order valence-electron chi connectivity index (χ0n) is 20.2. The van der Waals surface area contributed by atoms with Crippen LogP contribution in [0.1, 0.15) is 47.4 Å². The highest BCUT2D eigenvalue weighted by Gasteiger charge is 2.30. The maximum Gasteiger partial charge on any atom is 0.416 e. The molecule has 0 unspecified atom stereocenters. The SMILES string of the molecule is COc1cc(C(=O)N/N=C\c2c(C)nn(-c3cccc(C(F)(F)F)c3)c2Cl)ccc1OCCC(C)C. The van der Waals surface area contributed by atoms with E-state index in [1.54, 1.807) is 25.1 Å². The number of carbonyl (C=O) groups is 1. The van der Waals surface area contributed by atoms with E-state index in [4.69, 9.17) is 21.1 Å². The average Bonchev–Trinajstić information content (AvgIpc) is 3.11. The van der Waals surface area contributed by atoms with Crippen molar-refractivity contribution in [2.75, 3.05) is 13.7 Å². The molecule has 0 saturated heterocycles. The van der Waals surface area contributed by atoms with Crippen molar-refractivity contribution in [3.63, 3.8) is 0 Å². The highest BCUT2D eigenvalue weighted by Crippen LogP contribution is 2.32. The van der Waals surface area contributed by atoms with Crippen LogP contribution in [0.5, 0.6) is 11.5 Å². The molecule has 0 aliphatic carbocycles. The van der Waals surface area contributed by atoms with E-state index >= 15 is 0 Å². The average molecular weight is 523 g/mol. The van der Waals surface area contributed by atoms with Crippen LogP contribution in [-0.4, -0.2) is 35.6 Å². The fourth-order valence-corrected chi connectivity index (χ4v) is 3.52. The van der Waals surface area contributed by atoms with Crippen molar-refractivity contribution in [3.05, 3.63) is 70.0 Å². The van der Waals surface area contributed by atoms with Crippen molar-refractivity contribution in [3.8, 4) is 17.2 Å². The van der Waals surface area contributed by atoms with Gasteiger partial charge in [-0.25, -0.2) is 10.1 Å². The van der Waals surface area contributed by atoms with Gasteiger partial charge in [0.25, 0.3) is 5.91 Å². The summed E-state index contributed by atoms with van der Waals surface area (Å²) in [5.41, 5.74) is 2.78. The summed E-state index contributed by atoms with van der Waals surface area (Å²) in [4.78, 5) is 12.6. The molecule has 3 aromatic rings. The Morgan fingerprint density at radius 2 is 1.97 bits per heavy atom. The zero-order chi connectivity index (χ0) is 26.5. The van der Waals surface area contributed by atoms with Gasteiger partial charge in [0.1, 0.15) is 5.15 Å². The summed E-state index contributed by atoms with van der Waals surface area (Å²) in [6.07, 6.45) is -2.33. The number of nitrogens with zero attached hydrogens (tertiary/aromatic N) is 3. The maximum atomic E-state index is 13.1. The van der Waals surface area contributed by atoms with Gasteiger partial charge in [-0.15, -0.1) is 0 Å². The van der Waals surface area contributed by atoms with Gasteiger partial charge in [0.05, 0.1) is 42.4 Å². The Morgan fingerprint density at radius 3 is 2.64 bits per heavy atom. The van der Waals surface area contributed by atoms with Crippen molar-refractivity contribution in [1.82, 2.24) is 15.2 Å². The van der Waals surface area contributed by atoms with Crippen LogP contribution in [0.4, 0.5) is 13.2 Å². The van der Waals surface area contributed by atoms with Crippen molar-refractivity contribution in [2.45, 2.75) is 33.4 Å². The van der Waals surface area contributed by atoms with Crippen molar-refractivity contribution < 1.29 is 27.4 Å². The number of alkyl halides is 3. The first-order valence-electron chi connectivity index (χ1n) is 11.1. The molecule has 0 spiro atoms. The monoisotopic (exact) mass is 522 g/mol. The number of carbonyl (C=O) groups excluding carboxylic acids is 1. The minimum Gasteiger partial charge on any atom is -0.493 e. The van der Waals surface area contributed by atoms with Gasteiger partial charge in [0.2, 0.25) is 0 Å². The third-order valence-corrected chi connectivity index (χ3v) is 5.57. The van der Waals surface area contributed by atoms with E-state index in [1.165, 1.54) is 30.1 Å². The third kappa shape index (κ3) is 6.57. The minimum absolute atomic E-state index is 0.0504. The fourth-order valence-electron chi connectivity index (χ4n) is 3.20. The maximum absolute atomic E-state index is 13.1. The zero-order valence-corrected chi connectivity index (χ0v) is 20.9. The lowest BCUT2D eigenvalue weighted by Gasteiger charge is -2.12. The first kappa shape index (κ1) is 27.1. The molecule has 36 heavy (non-hydrogen) atoms. The van der Waals surface area contributed by atoms with E-state index in [2.05, 4.69) is 29.5 Å². The van der Waals surface area contributed by atoms with Crippen LogP contribution in [0.2, 0.25) is 5.15 Å². The molecule has 0 saturated carbocycles. The number of aryl methyl sites for hydroxylation is 1. The Kier molecular flexibility index (Phi) is 8.62. The smallest absolute Gasteiger partial charge is 0.416 e. The summed E-state index contributed by atoms with van der Waals surface area (Å²) in [6, 6.07) is 9.42. The minimum atomic E-state index is -4.50. The summed E-state index contributed by atoms with van der Waals surface area (Å²) < 4.78 is 51.4. The molecule has 3 rings (SSSR count). The third-order valence-electron chi connectivity index (χ3n) is 5.20. The first-order valence-corrected chi connectivity index (χ1v) is 11.5. The molecule has 192 valence electrons. The normalized spacial score (nSPS) is 11.8. The number of aromatic nitrogens is 2. The number of hydrogen-bond donors (Lipinski definition) is 1. The summed E-state index contributed by atoms with van der Waals surface area (Å²) in [6.45, 7) is 6.35. The van der Waals surface area contributed by atoms with Gasteiger partial charge in [-0.3, -0.25) is 4.79 Å². The van der Waals surface area contributed by atoms with Crippen LogP contribution in [0.25, 0.3) is 5.69 Å². The van der Waals surface area contributed by atoms with Crippen molar-refractivity contribution in [1.29, 1.82) is 0 Å². The number of nitrogens with one attached hydrogen (secondary N) is 1. The Balaban J connectivity index is 1.73. The second-order valence-corrected chi connectivity index (χ2v) is 8.70. The Bertz CT molecular complexity index is 1260. The van der Waals surface area contributed by atoms with Crippen LogP contribution < -0.4 is 14.9 Å². The predicted molar refractivity (Wildman–Crippen MR) is 131 cm³/mol. The quantitative estimate of drug-likeness (QED) is 0.274. The van der Waals surface area contributed by atoms with E-state index in [-0.39, 0.29) is 10.8 Å². The highest BCUT2D eigenvalue weighted by molar-refractivity contribution is 6.32. The molecular formula is C25H26ClF3N4O3. The number of hydrazone groups is 1. The molecule has 1 N–H and O–H groups in total. The van der Waals surface area contributed by atoms with E-state index in [9.17, 15) is 18.0 Å². The molecule has 11 heteroatoms. The van der Waals surface area contributed by atoms with Crippen LogP contribution >= 0.6 is 11.6 Å². The lowest BCUT2D eigenvalue weighted by Crippen LogP contribution is -2.17. The first-order chi connectivity index (χ1) is 17.0. The molecule has 0 aliphatic heterocycles. The summed E-state index contributed by atoms with van der Waals surface area (Å²) >= 11 is 6.37. The lowest BCUT2D eigenvalue weighted by molar-refractivity contribution is -0.137. The van der Waals surface area contributed by atoms with E-state index in [0.29, 0.717) is 40.8 Å². The number of benzene rings is 2. The number of halogens is 4. The molecule has 7 nitrogen and oxygen atoms in total. The number of methoxy groups -OCH3 is 1. The van der Waals surface area contributed by atoms with Crippen LogP contribution in [-0.2, 0) is 6.18 Å². The number of hydrogen-bond acceptors (Lipinski definition) is 5. The van der Waals surface area contributed by atoms with Gasteiger partial charge in [-0.05, 0) is 55.7 Å². The highest BCUT2D eigenvalue weighted by atomic mass is 35.5. The summed E-state index contributed by atoms with van der Waals surface area (Å²) in [5, 5.41) is 8.20. The van der Waals surface area contributed by atoms with Crippen molar-refractivity contribution >= 4 is 23.7 Å². The number of rotatable bonds is 9. The number of ether oxygens (including phenoxy) is 2. The Hall–Kier alpha value is -3.53. The van der Waals surface area contributed by atoms with Crippen LogP contribution in [0.3, 0.4) is 0 Å². The van der Waals surface area contributed by atoms with Gasteiger partial charge >= 0.3 is 6.18 Å². The van der Waals surface area contributed by atoms with Gasteiger partial charge in [-0.2, -0.15) is 23.4 Å². The Morgan fingerprint density at radius 1 is 1.22 bits per heavy atom. The van der Waals surface area contributed by atoms with Crippen molar-refractivity contribution in [2.24, 2.45) is 11.0 Å². The molecule has 1 aromatic heterocycles. The summed E-state index contributed by atoms with van der Waals surface area (Å²) in [7, 11) is 1.48. The fraction of sp³-hybridized carbons (Fsp3) is 0.320. The molecule has 0 radical (unpaired) electrons. The number of amides is 1. The van der Waals surface area contributed by atoms with E-state index in [1.807, 2.05) is 0 Å². The largest absolute Gasteiger partial charge is 0.493 e. The Labute approximate surface area is 211 Å². The van der Waals surface area contributed by atoms with Gasteiger partial charge in [0.15, 0.2) is 11.5 Å². The predicted octanol–water partition coefficient (Wildman–Crippen LogP) is 6.05. The molecule has 0 aliphatic rings. The van der Waals surface area contributed by atoms with Gasteiger partial charge in [-0.1, -0.05) is 31.5 Å². The molecular weight excluding hydrogens is 497 g/mol. The second kappa shape index (κ2) is 11.5. The van der Waals surface area contributed by atoms with Gasteiger partial charge < -0.3 is 9.47 Å². The topological polar surface area (TPSA) is 77.7 Å².